The van der Waals surface area contributed by atoms with Crippen molar-refractivity contribution in [3.63, 3.8) is 0 Å². The fourth-order valence-electron chi connectivity index (χ4n) is 11.4. The summed E-state index contributed by atoms with van der Waals surface area (Å²) < 4.78 is 0. The number of carbonyl (C=O) groups excluding carboxylic acids is 4. The van der Waals surface area contributed by atoms with Crippen molar-refractivity contribution in [2.45, 2.75) is 0 Å². The first-order valence-electron chi connectivity index (χ1n) is 25.3. The van der Waals surface area contributed by atoms with Crippen molar-refractivity contribution in [2.75, 3.05) is 0 Å². The van der Waals surface area contributed by atoms with Crippen LogP contribution in [0, 0.1) is 0 Å². The number of benzene rings is 14. The Bertz CT molecular complexity index is 3880. The Labute approximate surface area is 437 Å². The Hall–Kier alpha value is -10.2. The van der Waals surface area contributed by atoms with E-state index in [2.05, 4.69) is 146 Å². The van der Waals surface area contributed by atoms with E-state index < -0.39 is 0 Å². The predicted octanol–water partition coefficient (Wildman–Crippen LogP) is 18.5. The van der Waals surface area contributed by atoms with Gasteiger partial charge in [-0.2, -0.15) is 0 Å². The minimum Gasteiger partial charge on any atom is -0.298 e. The first kappa shape index (κ1) is 45.7. The van der Waals surface area contributed by atoms with Crippen molar-refractivity contribution in [2.24, 2.45) is 0 Å². The molecule has 0 heterocycles. The molecule has 14 aromatic carbocycles. The van der Waals surface area contributed by atoms with Gasteiger partial charge in [0.05, 0.1) is 0 Å². The van der Waals surface area contributed by atoms with Crippen LogP contribution in [-0.2, 0) is 0 Å². The molecule has 0 unspecified atom stereocenters. The van der Waals surface area contributed by atoms with Crippen LogP contribution in [0.2, 0.25) is 0 Å². The highest BCUT2D eigenvalue weighted by atomic mass is 16.1. The van der Waals surface area contributed by atoms with E-state index in [0.717, 1.165) is 113 Å². The molecule has 0 amide bonds. The first-order chi connectivity index (χ1) is 37.5. The normalized spacial score (nSPS) is 11.4. The molecule has 0 aliphatic rings. The van der Waals surface area contributed by atoms with E-state index in [-0.39, 0.29) is 0 Å². The highest BCUT2D eigenvalue weighted by Gasteiger charge is 2.21. The van der Waals surface area contributed by atoms with Crippen LogP contribution in [0.3, 0.4) is 0 Å². The van der Waals surface area contributed by atoms with Crippen molar-refractivity contribution < 1.29 is 19.2 Å². The number of hydrogen-bond donors (Lipinski definition) is 0. The van der Waals surface area contributed by atoms with E-state index in [1.165, 1.54) is 43.1 Å². The smallest absolute Gasteiger partial charge is 0.150 e. The Morgan fingerprint density at radius 2 is 0.329 bits per heavy atom. The van der Waals surface area contributed by atoms with Crippen LogP contribution in [0.1, 0.15) is 41.4 Å². The fraction of sp³-hybridized carbons (Fsp3) is 0. The molecule has 0 bridgehead atoms. The Morgan fingerprint density at radius 3 is 0.461 bits per heavy atom. The van der Waals surface area contributed by atoms with Gasteiger partial charge in [0.1, 0.15) is 25.1 Å². The number of hydrogen-bond acceptors (Lipinski definition) is 4. The summed E-state index contributed by atoms with van der Waals surface area (Å²) in [5.74, 6) is 0. The third-order valence-electron chi connectivity index (χ3n) is 15.0. The third-order valence-corrected chi connectivity index (χ3v) is 15.0. The van der Waals surface area contributed by atoms with Gasteiger partial charge in [0.2, 0.25) is 0 Å². The van der Waals surface area contributed by atoms with E-state index in [1.807, 2.05) is 97.1 Å². The van der Waals surface area contributed by atoms with Crippen LogP contribution in [0.25, 0.3) is 131 Å². The van der Waals surface area contributed by atoms with E-state index in [9.17, 15) is 19.2 Å². The molecule has 0 spiro atoms. The maximum Gasteiger partial charge on any atom is 0.150 e. The summed E-state index contributed by atoms with van der Waals surface area (Å²) in [5.41, 5.74) is 11.5. The van der Waals surface area contributed by atoms with Crippen molar-refractivity contribution in [3.8, 4) is 44.5 Å². The molecule has 0 aromatic heterocycles. The van der Waals surface area contributed by atoms with Gasteiger partial charge < -0.3 is 0 Å². The Balaban J connectivity index is 0.000000146. The SMILES string of the molecule is O=Cc1ccc(-c2c3cc4ccccc4cc3c(-c3ccc(C=O)cc3)c3cc4ccccc4cc23)cc1.O=Cc1ccc(-c2c3cc4ccccc4cc3c(-c3ccc(C=O)cc3)c3cc4ccccc4cc23)cc1. The lowest BCUT2D eigenvalue weighted by Crippen LogP contribution is -1.93. The van der Waals surface area contributed by atoms with Crippen LogP contribution < -0.4 is 0 Å². The number of rotatable bonds is 8. The molecule has 4 nitrogen and oxygen atoms in total. The van der Waals surface area contributed by atoms with Crippen molar-refractivity contribution in [1.82, 2.24) is 0 Å². The average Bonchev–Trinajstić information content (AvgIpc) is 3.54. The van der Waals surface area contributed by atoms with Gasteiger partial charge in [0, 0.05) is 22.3 Å². The standard InChI is InChI=1S/2C36H22O2/c2*37-21-23-9-13-25(14-10-23)35-31-17-27-5-1-2-6-28(27)18-32(31)36(26-15-11-24(22-38)12-16-26)34-20-30-8-4-3-7-29(30)19-33(34)35/h2*1-22H. The minimum atomic E-state index is 0.658. The number of aldehydes is 4. The topological polar surface area (TPSA) is 68.3 Å². The quantitative estimate of drug-likeness (QED) is 0.112. The zero-order valence-electron chi connectivity index (χ0n) is 41.0. The lowest BCUT2D eigenvalue weighted by molar-refractivity contribution is 0.111. The Morgan fingerprint density at radius 1 is 0.184 bits per heavy atom. The summed E-state index contributed by atoms with van der Waals surface area (Å²) in [4.78, 5) is 45.6. The second-order valence-corrected chi connectivity index (χ2v) is 19.4. The minimum absolute atomic E-state index is 0.658. The van der Waals surface area contributed by atoms with Crippen LogP contribution >= 0.6 is 0 Å². The molecule has 14 aromatic rings. The average molecular weight is 973 g/mol. The van der Waals surface area contributed by atoms with Gasteiger partial charge in [-0.05, 0) is 179 Å². The molecule has 0 saturated carbocycles. The second kappa shape index (κ2) is 19.0. The summed E-state index contributed by atoms with van der Waals surface area (Å²) in [6.07, 6.45) is 3.53. The van der Waals surface area contributed by atoms with E-state index >= 15 is 0 Å². The molecule has 0 aliphatic heterocycles. The van der Waals surface area contributed by atoms with Crippen molar-refractivity contribution >= 4 is 111 Å². The van der Waals surface area contributed by atoms with Gasteiger partial charge in [-0.15, -0.1) is 0 Å². The van der Waals surface area contributed by atoms with Gasteiger partial charge in [0.25, 0.3) is 0 Å². The third kappa shape index (κ3) is 7.97. The fourth-order valence-corrected chi connectivity index (χ4v) is 11.4. The molecule has 4 heteroatoms. The van der Waals surface area contributed by atoms with Crippen LogP contribution in [0.4, 0.5) is 0 Å². The van der Waals surface area contributed by atoms with Crippen LogP contribution in [0.5, 0.6) is 0 Å². The molecule has 0 N–H and O–H groups in total. The van der Waals surface area contributed by atoms with Gasteiger partial charge in [-0.1, -0.05) is 194 Å². The van der Waals surface area contributed by atoms with Gasteiger partial charge in [-0.25, -0.2) is 0 Å². The highest BCUT2D eigenvalue weighted by molar-refractivity contribution is 6.27. The predicted molar refractivity (Wildman–Crippen MR) is 316 cm³/mol. The first-order valence-corrected chi connectivity index (χ1v) is 25.3. The molecular weight excluding hydrogens is 929 g/mol. The zero-order chi connectivity index (χ0) is 51.3. The summed E-state index contributed by atoms with van der Waals surface area (Å²) in [5, 5.41) is 18.6. The molecule has 76 heavy (non-hydrogen) atoms. The Kier molecular flexibility index (Phi) is 11.4. The number of carbonyl (C=O) groups is 4. The molecule has 0 saturated heterocycles. The van der Waals surface area contributed by atoms with Gasteiger partial charge >= 0.3 is 0 Å². The van der Waals surface area contributed by atoms with Crippen LogP contribution in [0.15, 0.2) is 243 Å². The lowest BCUT2D eigenvalue weighted by Gasteiger charge is -2.19. The maximum absolute atomic E-state index is 11.4. The van der Waals surface area contributed by atoms with E-state index in [4.69, 9.17) is 0 Å². The largest absolute Gasteiger partial charge is 0.298 e. The van der Waals surface area contributed by atoms with Crippen molar-refractivity contribution in [1.29, 1.82) is 0 Å². The molecule has 14 rings (SSSR count). The summed E-state index contributed by atoms with van der Waals surface area (Å²) in [6.45, 7) is 0. The molecule has 0 radical (unpaired) electrons. The summed E-state index contributed by atoms with van der Waals surface area (Å²) >= 11 is 0. The van der Waals surface area contributed by atoms with Gasteiger partial charge in [-0.3, -0.25) is 19.2 Å². The van der Waals surface area contributed by atoms with Crippen molar-refractivity contribution in [3.05, 3.63) is 265 Å². The molecule has 0 atom stereocenters. The second-order valence-electron chi connectivity index (χ2n) is 19.4. The summed E-state index contributed by atoms with van der Waals surface area (Å²) in [7, 11) is 0. The van der Waals surface area contributed by atoms with E-state index in [0.29, 0.717) is 22.3 Å². The van der Waals surface area contributed by atoms with Crippen LogP contribution in [-0.4, -0.2) is 25.1 Å². The van der Waals surface area contributed by atoms with E-state index in [1.54, 1.807) is 0 Å². The monoisotopic (exact) mass is 972 g/mol. The van der Waals surface area contributed by atoms with Gasteiger partial charge in [0.15, 0.2) is 0 Å². The zero-order valence-corrected chi connectivity index (χ0v) is 41.0. The highest BCUT2D eigenvalue weighted by Crippen LogP contribution is 2.48. The maximum atomic E-state index is 11.4. The summed E-state index contributed by atoms with van der Waals surface area (Å²) in [6, 6.07) is 83.4. The lowest BCUT2D eigenvalue weighted by atomic mass is 9.83. The molecule has 0 fully saturated rings. The molecule has 0 aliphatic carbocycles. The molecular formula is C72H44O4. The number of fused-ring (bicyclic) bond motifs is 8. The molecule has 356 valence electrons.